The molecular weight excluding hydrogens is 572 g/mol. The number of amides is 1. The van der Waals surface area contributed by atoms with Gasteiger partial charge in [0.1, 0.15) is 6.61 Å². The van der Waals surface area contributed by atoms with Crippen molar-refractivity contribution >= 4 is 16.1 Å². The van der Waals surface area contributed by atoms with Gasteiger partial charge in [-0.3, -0.25) is 0 Å². The van der Waals surface area contributed by atoms with Crippen molar-refractivity contribution in [1.29, 1.82) is 0 Å². The molecule has 0 aromatic heterocycles. The highest BCUT2D eigenvalue weighted by atomic mass is 32.2. The zero-order chi connectivity index (χ0) is 31.0. The number of likely N-dealkylation sites (tertiary alicyclic amines) is 1. The molecule has 4 unspecified atom stereocenters. The summed E-state index contributed by atoms with van der Waals surface area (Å²) in [6.07, 6.45) is 10.9. The van der Waals surface area contributed by atoms with Gasteiger partial charge in [-0.05, 0) is 111 Å². The average molecular weight is 625 g/mol. The van der Waals surface area contributed by atoms with Gasteiger partial charge in [-0.1, -0.05) is 56.7 Å². The monoisotopic (exact) mass is 624 g/mol. The number of allylic oxidation sites excluding steroid dienone is 1. The molecule has 2 aliphatic heterocycles. The molecule has 0 bridgehead atoms. The van der Waals surface area contributed by atoms with Crippen LogP contribution in [-0.4, -0.2) is 56.0 Å². The topological polar surface area (TPSA) is 84.9 Å². The number of hydrogen-bond donors (Lipinski definition) is 1. The molecule has 7 nitrogen and oxygen atoms in total. The maximum atomic E-state index is 13.6. The van der Waals surface area contributed by atoms with Crippen molar-refractivity contribution in [2.75, 3.05) is 12.8 Å². The summed E-state index contributed by atoms with van der Waals surface area (Å²) in [5, 5.41) is 0. The molecule has 1 aromatic rings. The van der Waals surface area contributed by atoms with Gasteiger partial charge in [0.05, 0.1) is 24.0 Å². The highest BCUT2D eigenvalue weighted by Crippen LogP contribution is 2.66. The van der Waals surface area contributed by atoms with Gasteiger partial charge in [0, 0.05) is 18.5 Å². The van der Waals surface area contributed by atoms with Crippen molar-refractivity contribution < 1.29 is 22.7 Å². The van der Waals surface area contributed by atoms with Crippen LogP contribution in [0.1, 0.15) is 91.0 Å². The van der Waals surface area contributed by atoms with Crippen LogP contribution in [0, 0.1) is 40.9 Å². The molecule has 1 spiro atoms. The summed E-state index contributed by atoms with van der Waals surface area (Å²) in [5.74, 6) is 3.18. The van der Waals surface area contributed by atoms with E-state index in [2.05, 4.69) is 32.4 Å². The van der Waals surface area contributed by atoms with Gasteiger partial charge in [0.2, 0.25) is 10.0 Å². The van der Waals surface area contributed by atoms with E-state index in [-0.39, 0.29) is 41.2 Å². The number of rotatable bonds is 4. The van der Waals surface area contributed by atoms with E-state index in [1.54, 1.807) is 5.57 Å². The second-order valence-corrected chi connectivity index (χ2v) is 17.5. The summed E-state index contributed by atoms with van der Waals surface area (Å²) in [7, 11) is -3.18. The zero-order valence-electron chi connectivity index (χ0n) is 27.3. The van der Waals surface area contributed by atoms with E-state index in [1.165, 1.54) is 31.1 Å². The van der Waals surface area contributed by atoms with E-state index in [1.807, 2.05) is 35.2 Å². The van der Waals surface area contributed by atoms with Gasteiger partial charge in [0.25, 0.3) is 0 Å². The first kappa shape index (κ1) is 30.7. The van der Waals surface area contributed by atoms with Crippen molar-refractivity contribution in [3.8, 4) is 0 Å². The van der Waals surface area contributed by atoms with E-state index in [4.69, 9.17) is 9.47 Å². The maximum Gasteiger partial charge on any atom is 0.410 e. The molecule has 7 rings (SSSR count). The highest BCUT2D eigenvalue weighted by molar-refractivity contribution is 7.88. The molecule has 2 heterocycles. The van der Waals surface area contributed by atoms with Crippen molar-refractivity contribution in [3.05, 3.63) is 47.0 Å². The van der Waals surface area contributed by atoms with Gasteiger partial charge < -0.3 is 14.4 Å². The Bertz CT molecular complexity index is 1410. The van der Waals surface area contributed by atoms with Crippen LogP contribution in [0.4, 0.5) is 4.79 Å². The molecule has 11 atom stereocenters. The summed E-state index contributed by atoms with van der Waals surface area (Å²) >= 11 is 0. The normalized spacial score (nSPS) is 43.3. The first-order chi connectivity index (χ1) is 20.9. The van der Waals surface area contributed by atoms with Crippen molar-refractivity contribution in [1.82, 2.24) is 9.62 Å². The van der Waals surface area contributed by atoms with E-state index < -0.39 is 10.0 Å². The molecule has 2 saturated heterocycles. The lowest BCUT2D eigenvalue weighted by Gasteiger charge is -2.54. The quantitative estimate of drug-likeness (QED) is 0.378. The van der Waals surface area contributed by atoms with Gasteiger partial charge >= 0.3 is 6.09 Å². The SMILES string of the molecule is CC1=C2C[C@H]3C(CC[C@@H]4C[C@H](NS(C)(=O)=O)CCC43C)[C@@H]2CCC12O[C@@H]1C[C@H](C)CN(C(=O)OCc3ccccc3)C1[C@H]2C. The molecule has 3 saturated carbocycles. The molecule has 242 valence electrons. The largest absolute Gasteiger partial charge is 0.445 e. The Morgan fingerprint density at radius 1 is 1.09 bits per heavy atom. The number of carbonyl (C=O) groups excluding carboxylic acids is 1. The van der Waals surface area contributed by atoms with Gasteiger partial charge in [0.15, 0.2) is 0 Å². The third kappa shape index (κ3) is 5.06. The third-order valence-corrected chi connectivity index (χ3v) is 14.2. The molecule has 8 heteroatoms. The van der Waals surface area contributed by atoms with Crippen LogP contribution in [-0.2, 0) is 26.1 Å². The van der Waals surface area contributed by atoms with Crippen LogP contribution >= 0.6 is 0 Å². The fourth-order valence-electron chi connectivity index (χ4n) is 11.4. The minimum absolute atomic E-state index is 0.0322. The zero-order valence-corrected chi connectivity index (χ0v) is 28.1. The first-order valence-electron chi connectivity index (χ1n) is 17.2. The second kappa shape index (κ2) is 11.1. The van der Waals surface area contributed by atoms with Crippen LogP contribution in [0.15, 0.2) is 41.5 Å². The van der Waals surface area contributed by atoms with Crippen LogP contribution in [0.2, 0.25) is 0 Å². The minimum atomic E-state index is -3.18. The summed E-state index contributed by atoms with van der Waals surface area (Å²) in [4.78, 5) is 15.6. The van der Waals surface area contributed by atoms with E-state index >= 15 is 0 Å². The van der Waals surface area contributed by atoms with Crippen LogP contribution in [0.5, 0.6) is 0 Å². The number of fused-ring (bicyclic) bond motifs is 6. The fraction of sp³-hybridized carbons (Fsp3) is 0.750. The first-order valence-corrected chi connectivity index (χ1v) is 19.1. The molecule has 6 aliphatic rings. The number of piperidine rings is 1. The van der Waals surface area contributed by atoms with E-state index in [0.29, 0.717) is 30.3 Å². The molecule has 4 aliphatic carbocycles. The summed E-state index contributed by atoms with van der Waals surface area (Å²) in [5.41, 5.74) is 4.08. The molecule has 1 amide bonds. The highest BCUT2D eigenvalue weighted by Gasteiger charge is 2.63. The summed E-state index contributed by atoms with van der Waals surface area (Å²) in [6, 6.07) is 10.0. The number of hydrogen-bond acceptors (Lipinski definition) is 5. The Morgan fingerprint density at radius 2 is 1.86 bits per heavy atom. The summed E-state index contributed by atoms with van der Waals surface area (Å²) < 4.78 is 40.0. The van der Waals surface area contributed by atoms with E-state index in [9.17, 15) is 13.2 Å². The third-order valence-electron chi connectivity index (χ3n) is 13.4. The predicted octanol–water partition coefficient (Wildman–Crippen LogP) is 6.69. The molecule has 0 radical (unpaired) electrons. The number of benzene rings is 1. The second-order valence-electron chi connectivity index (χ2n) is 15.8. The molecular formula is C36H52N2O5S. The number of nitrogens with one attached hydrogen (secondary N) is 1. The smallest absolute Gasteiger partial charge is 0.410 e. The van der Waals surface area contributed by atoms with Gasteiger partial charge in [-0.15, -0.1) is 0 Å². The molecule has 5 fully saturated rings. The maximum absolute atomic E-state index is 13.6. The Kier molecular flexibility index (Phi) is 7.77. The molecule has 44 heavy (non-hydrogen) atoms. The van der Waals surface area contributed by atoms with Crippen molar-refractivity contribution in [2.24, 2.45) is 40.9 Å². The number of ether oxygens (including phenoxy) is 2. The van der Waals surface area contributed by atoms with Crippen LogP contribution in [0.3, 0.4) is 0 Å². The Balaban J connectivity index is 1.12. The van der Waals surface area contributed by atoms with Crippen LogP contribution < -0.4 is 4.72 Å². The Hall–Kier alpha value is -1.90. The number of nitrogens with zero attached hydrogens (tertiary/aromatic N) is 1. The number of carbonyl (C=O) groups is 1. The lowest BCUT2D eigenvalue weighted by Crippen LogP contribution is -2.54. The minimum Gasteiger partial charge on any atom is -0.445 e. The standard InChI is InChI=1S/C36H52N2O5S/c1-22-17-32-33(38(20-22)34(39)42-21-25-9-7-6-8-10-25)24(3)36(43-32)16-14-28-29-12-11-26-18-27(37-44(5,40)41)13-15-35(26,4)31(29)19-30(28)23(36)2/h6-10,22,24,26-29,31-33,37H,11-21H2,1-5H3/t22-,24+,26+,27+,28-,29?,31-,32+,33?,35?,36?/m0/s1. The predicted molar refractivity (Wildman–Crippen MR) is 171 cm³/mol. The summed E-state index contributed by atoms with van der Waals surface area (Å²) in [6.45, 7) is 10.5. The number of sulfonamides is 1. The lowest BCUT2D eigenvalue weighted by molar-refractivity contribution is -0.0666. The Labute approximate surface area is 264 Å². The van der Waals surface area contributed by atoms with Gasteiger partial charge in [-0.2, -0.15) is 0 Å². The van der Waals surface area contributed by atoms with E-state index in [0.717, 1.165) is 56.6 Å². The van der Waals surface area contributed by atoms with Crippen LogP contribution in [0.25, 0.3) is 0 Å². The average Bonchev–Trinajstić information content (AvgIpc) is 3.50. The Morgan fingerprint density at radius 3 is 2.61 bits per heavy atom. The fourth-order valence-corrected chi connectivity index (χ4v) is 12.2. The molecule has 1 aromatic carbocycles. The van der Waals surface area contributed by atoms with Crippen molar-refractivity contribution in [3.63, 3.8) is 0 Å². The molecule has 1 N–H and O–H groups in total. The van der Waals surface area contributed by atoms with Crippen molar-refractivity contribution in [2.45, 2.75) is 116 Å². The lowest BCUT2D eigenvalue weighted by atomic mass is 9.52. The van der Waals surface area contributed by atoms with Gasteiger partial charge in [-0.25, -0.2) is 17.9 Å².